The van der Waals surface area contributed by atoms with Crippen LogP contribution in [-0.4, -0.2) is 44.7 Å². The van der Waals surface area contributed by atoms with Crippen molar-refractivity contribution >= 4 is 23.4 Å². The van der Waals surface area contributed by atoms with Crippen molar-refractivity contribution in [3.8, 4) is 6.07 Å². The Kier molecular flexibility index (Phi) is 9.99. The van der Waals surface area contributed by atoms with Crippen LogP contribution in [0.25, 0.3) is 0 Å². The summed E-state index contributed by atoms with van der Waals surface area (Å²) in [4.78, 5) is 43.4. The molecule has 1 aliphatic heterocycles. The third-order valence-electron chi connectivity index (χ3n) is 9.61. The monoisotopic (exact) mass is 690 g/mol. The van der Waals surface area contributed by atoms with Crippen LogP contribution in [0.3, 0.4) is 0 Å². The van der Waals surface area contributed by atoms with Gasteiger partial charge in [-0.3, -0.25) is 19.7 Å². The summed E-state index contributed by atoms with van der Waals surface area (Å²) < 4.78 is 1.89. The van der Waals surface area contributed by atoms with Gasteiger partial charge in [-0.2, -0.15) is 10.4 Å². The summed E-state index contributed by atoms with van der Waals surface area (Å²) in [5, 5.41) is 25.8. The molecule has 1 aromatic heterocycles. The quantitative estimate of drug-likeness (QED) is 0.118. The molecule has 7 rings (SSSR count). The zero-order valence-electron chi connectivity index (χ0n) is 28.4. The van der Waals surface area contributed by atoms with Gasteiger partial charge in [-0.1, -0.05) is 115 Å². The normalized spacial score (nSPS) is 19.5. The standard InChI is InChI=1S/C41H38N8O3/c42-25-28-19-20-35-34(24-28)39(51)47-38(46-35)40(52)43-26-29-11-10-18-33(23-29)45-37(50)22-21-36-44-27-49(48-36)41(30-12-4-1-5-13-30,31-14-6-2-7-15-31)32-16-8-3-9-17-32/h1-20,23,27-28,34-35,38,46H,21-22,24,26H2,(H,43,52)(H,45,50)(H,47,51). The van der Waals surface area contributed by atoms with E-state index in [2.05, 4.69) is 68.7 Å². The second kappa shape index (κ2) is 15.2. The summed E-state index contributed by atoms with van der Waals surface area (Å²) in [7, 11) is 0. The van der Waals surface area contributed by atoms with Gasteiger partial charge in [-0.15, -0.1) is 0 Å². The van der Waals surface area contributed by atoms with Crippen LogP contribution >= 0.6 is 0 Å². The Balaban J connectivity index is 0.991. The first-order valence-electron chi connectivity index (χ1n) is 17.3. The molecule has 4 aromatic carbocycles. The fourth-order valence-corrected chi connectivity index (χ4v) is 7.06. The largest absolute Gasteiger partial charge is 0.349 e. The highest BCUT2D eigenvalue weighted by molar-refractivity contribution is 5.91. The minimum atomic E-state index is -0.893. The topological polar surface area (TPSA) is 154 Å². The number of amides is 3. The molecular formula is C41H38N8O3. The highest BCUT2D eigenvalue weighted by atomic mass is 16.2. The van der Waals surface area contributed by atoms with E-state index in [1.165, 1.54) is 0 Å². The highest BCUT2D eigenvalue weighted by Crippen LogP contribution is 2.40. The van der Waals surface area contributed by atoms with Crippen LogP contribution in [0.5, 0.6) is 0 Å². The number of nitriles is 1. The van der Waals surface area contributed by atoms with E-state index < -0.39 is 17.6 Å². The summed E-state index contributed by atoms with van der Waals surface area (Å²) >= 11 is 0. The minimum absolute atomic E-state index is 0.165. The lowest BCUT2D eigenvalue weighted by Crippen LogP contribution is -2.66. The fraction of sp³-hybridized carbons (Fsp3) is 0.220. The smallest absolute Gasteiger partial charge is 0.257 e. The molecule has 0 saturated carbocycles. The van der Waals surface area contributed by atoms with Crippen molar-refractivity contribution in [1.82, 2.24) is 30.7 Å². The number of hydrogen-bond donors (Lipinski definition) is 4. The van der Waals surface area contributed by atoms with Crippen molar-refractivity contribution in [2.24, 2.45) is 11.8 Å². The molecule has 52 heavy (non-hydrogen) atoms. The number of carbonyl (C=O) groups excluding carboxylic acids is 3. The number of fused-ring (bicyclic) bond motifs is 1. The van der Waals surface area contributed by atoms with Crippen LogP contribution in [0.2, 0.25) is 0 Å². The van der Waals surface area contributed by atoms with E-state index in [0.717, 1.165) is 22.3 Å². The Morgan fingerprint density at radius 1 is 0.885 bits per heavy atom. The molecule has 0 radical (unpaired) electrons. The van der Waals surface area contributed by atoms with Gasteiger partial charge in [0.2, 0.25) is 11.8 Å². The number of allylic oxidation sites excluding steroid dienone is 1. The number of aromatic nitrogens is 3. The van der Waals surface area contributed by atoms with Crippen molar-refractivity contribution in [2.45, 2.75) is 43.6 Å². The van der Waals surface area contributed by atoms with E-state index in [1.54, 1.807) is 36.7 Å². The zero-order chi connectivity index (χ0) is 35.9. The average Bonchev–Trinajstić information content (AvgIpc) is 3.67. The van der Waals surface area contributed by atoms with E-state index in [4.69, 9.17) is 5.10 Å². The number of carbonyl (C=O) groups is 3. The van der Waals surface area contributed by atoms with E-state index in [1.807, 2.05) is 65.3 Å². The summed E-state index contributed by atoms with van der Waals surface area (Å²) in [6.07, 6.45) is 5.33. The molecule has 11 heteroatoms. The van der Waals surface area contributed by atoms with Gasteiger partial charge in [0, 0.05) is 31.1 Å². The summed E-state index contributed by atoms with van der Waals surface area (Å²) in [6.45, 7) is 0.199. The molecule has 1 saturated heterocycles. The maximum Gasteiger partial charge on any atom is 0.257 e. The first-order chi connectivity index (χ1) is 25.4. The van der Waals surface area contributed by atoms with Gasteiger partial charge in [-0.25, -0.2) is 9.67 Å². The van der Waals surface area contributed by atoms with Crippen LogP contribution in [-0.2, 0) is 32.9 Å². The van der Waals surface area contributed by atoms with E-state index in [-0.39, 0.29) is 42.6 Å². The molecule has 5 aromatic rings. The summed E-state index contributed by atoms with van der Waals surface area (Å²) in [6, 6.07) is 39.7. The average molecular weight is 691 g/mol. The summed E-state index contributed by atoms with van der Waals surface area (Å²) in [5.74, 6) is -0.977. The van der Waals surface area contributed by atoms with Crippen molar-refractivity contribution in [3.63, 3.8) is 0 Å². The predicted molar refractivity (Wildman–Crippen MR) is 195 cm³/mol. The number of anilines is 1. The lowest BCUT2D eigenvalue weighted by atomic mass is 9.77. The third kappa shape index (κ3) is 7.10. The van der Waals surface area contributed by atoms with E-state index in [9.17, 15) is 19.6 Å². The highest BCUT2D eigenvalue weighted by Gasteiger charge is 2.41. The molecule has 2 aliphatic rings. The van der Waals surface area contributed by atoms with Gasteiger partial charge in [0.1, 0.15) is 11.9 Å². The lowest BCUT2D eigenvalue weighted by molar-refractivity contribution is -0.136. The van der Waals surface area contributed by atoms with Crippen molar-refractivity contribution in [2.75, 3.05) is 5.32 Å². The van der Waals surface area contributed by atoms with Crippen LogP contribution in [0.15, 0.2) is 134 Å². The number of nitrogens with one attached hydrogen (secondary N) is 4. The van der Waals surface area contributed by atoms with Crippen molar-refractivity contribution in [3.05, 3.63) is 162 Å². The first-order valence-corrected chi connectivity index (χ1v) is 17.3. The molecule has 3 amide bonds. The Morgan fingerprint density at radius 3 is 2.17 bits per heavy atom. The minimum Gasteiger partial charge on any atom is -0.349 e. The van der Waals surface area contributed by atoms with Gasteiger partial charge in [0.25, 0.3) is 5.91 Å². The number of benzene rings is 4. The molecule has 2 heterocycles. The maximum atomic E-state index is 13.1. The van der Waals surface area contributed by atoms with Crippen LogP contribution < -0.4 is 21.3 Å². The molecule has 260 valence electrons. The molecule has 0 spiro atoms. The second-order valence-corrected chi connectivity index (χ2v) is 13.0. The Morgan fingerprint density at radius 2 is 1.54 bits per heavy atom. The number of hydrogen-bond acceptors (Lipinski definition) is 7. The zero-order valence-corrected chi connectivity index (χ0v) is 28.4. The first kappa shape index (κ1) is 34.1. The SMILES string of the molecule is N#CC1C=CC2NC(C(=O)NCc3cccc(NC(=O)CCc4ncn(C(c5ccccc5)(c5ccccc5)c5ccccc5)n4)c3)NC(=O)C2C1. The molecule has 11 nitrogen and oxygen atoms in total. The van der Waals surface area contributed by atoms with Crippen LogP contribution in [0.4, 0.5) is 5.69 Å². The lowest BCUT2D eigenvalue weighted by Gasteiger charge is -2.37. The Labute approximate surface area is 301 Å². The van der Waals surface area contributed by atoms with Gasteiger partial charge in [0.15, 0.2) is 12.0 Å². The molecule has 1 fully saturated rings. The molecule has 4 unspecified atom stereocenters. The van der Waals surface area contributed by atoms with Crippen molar-refractivity contribution < 1.29 is 14.4 Å². The second-order valence-electron chi connectivity index (χ2n) is 13.0. The van der Waals surface area contributed by atoms with Crippen LogP contribution in [0.1, 0.15) is 40.9 Å². The number of aryl methyl sites for hydroxylation is 1. The number of rotatable bonds is 11. The van der Waals surface area contributed by atoms with Crippen molar-refractivity contribution in [1.29, 1.82) is 5.26 Å². The van der Waals surface area contributed by atoms with Gasteiger partial charge < -0.3 is 16.0 Å². The Hall–Kier alpha value is -6.38. The fourth-order valence-electron chi connectivity index (χ4n) is 7.06. The van der Waals surface area contributed by atoms with Gasteiger partial charge in [-0.05, 0) is 40.8 Å². The number of nitrogens with zero attached hydrogens (tertiary/aromatic N) is 4. The summed E-state index contributed by atoms with van der Waals surface area (Å²) in [5.41, 5.74) is 3.67. The maximum absolute atomic E-state index is 13.1. The Bertz CT molecular complexity index is 2010. The van der Waals surface area contributed by atoms with E-state index >= 15 is 0 Å². The van der Waals surface area contributed by atoms with Gasteiger partial charge in [0.05, 0.1) is 17.9 Å². The molecule has 4 N–H and O–H groups in total. The van der Waals surface area contributed by atoms with Crippen LogP contribution in [0, 0.1) is 23.2 Å². The third-order valence-corrected chi connectivity index (χ3v) is 9.61. The molecular weight excluding hydrogens is 653 g/mol. The van der Waals surface area contributed by atoms with Gasteiger partial charge >= 0.3 is 0 Å². The molecule has 0 bridgehead atoms. The molecule has 1 aliphatic carbocycles. The van der Waals surface area contributed by atoms with E-state index in [0.29, 0.717) is 24.4 Å². The molecule has 4 atom stereocenters. The predicted octanol–water partition coefficient (Wildman–Crippen LogP) is 4.44.